The average Bonchev–Trinajstić information content (AvgIpc) is 2.87. The summed E-state index contributed by atoms with van der Waals surface area (Å²) in [5.41, 5.74) is 0. The van der Waals surface area contributed by atoms with E-state index in [4.69, 9.17) is 0 Å². The number of hydrogen-bond acceptors (Lipinski definition) is 2. The van der Waals surface area contributed by atoms with Crippen molar-refractivity contribution < 1.29 is 0 Å². The first kappa shape index (κ1) is 10.4. The van der Waals surface area contributed by atoms with Crippen molar-refractivity contribution >= 4 is 34.8 Å². The first-order valence-electron chi connectivity index (χ1n) is 4.74. The molecule has 0 saturated carbocycles. The largest absolute Gasteiger partial charge is 0.141 e. The number of rotatable bonds is 4. The van der Waals surface area contributed by atoms with Crippen LogP contribution in [0.1, 0.15) is 19.5 Å². The Morgan fingerprint density at radius 2 is 1.33 bits per heavy atom. The van der Waals surface area contributed by atoms with E-state index < -0.39 is 0 Å². The van der Waals surface area contributed by atoms with Crippen LogP contribution in [0.4, 0.5) is 0 Å². The van der Waals surface area contributed by atoms with Gasteiger partial charge in [-0.05, 0) is 24.3 Å². The van der Waals surface area contributed by atoms with Gasteiger partial charge in [-0.2, -0.15) is 0 Å². The van der Waals surface area contributed by atoms with Gasteiger partial charge in [0.25, 0.3) is 0 Å². The summed E-state index contributed by atoms with van der Waals surface area (Å²) in [5.74, 6) is 0. The molecule has 76 valence electrons. The summed E-state index contributed by atoms with van der Waals surface area (Å²) in [6, 6.07) is 8.59. The summed E-state index contributed by atoms with van der Waals surface area (Å²) in [5, 5.41) is 0. The van der Waals surface area contributed by atoms with Gasteiger partial charge in [-0.3, -0.25) is 0 Å². The van der Waals surface area contributed by atoms with Crippen LogP contribution in [0, 0.1) is 0 Å². The normalized spacial score (nSPS) is 10.1. The zero-order valence-corrected chi connectivity index (χ0v) is 10.0. The number of thiophene rings is 2. The minimum Gasteiger partial charge on any atom is -0.141 e. The molecule has 0 radical (unpaired) electrons. The number of hydrogen-bond donors (Lipinski definition) is 0. The molecule has 0 saturated heterocycles. The van der Waals surface area contributed by atoms with E-state index in [1.54, 1.807) is 0 Å². The van der Waals surface area contributed by atoms with Crippen molar-refractivity contribution in [1.82, 2.24) is 0 Å². The Bertz CT molecular complexity index is 430. The molecule has 0 bridgehead atoms. The molecular weight excluding hydrogens is 220 g/mol. The van der Waals surface area contributed by atoms with E-state index in [-0.39, 0.29) is 0 Å². The third-order valence-corrected chi connectivity index (χ3v) is 4.28. The fraction of sp³-hybridized carbons (Fsp3) is 0.0769. The topological polar surface area (TPSA) is 0 Å². The van der Waals surface area contributed by atoms with Gasteiger partial charge in [0.1, 0.15) is 0 Å². The molecule has 2 rings (SSSR count). The minimum atomic E-state index is 1.02. The highest BCUT2D eigenvalue weighted by Gasteiger charge is 2.01. The molecule has 2 heteroatoms. The Balaban J connectivity index is 2.13. The quantitative estimate of drug-likeness (QED) is 0.717. The Labute approximate surface area is 98.2 Å². The van der Waals surface area contributed by atoms with Gasteiger partial charge in [-0.1, -0.05) is 25.3 Å². The maximum Gasteiger partial charge on any atom is 0.0267 e. The molecule has 0 amide bonds. The van der Waals surface area contributed by atoms with Crippen molar-refractivity contribution in [3.63, 3.8) is 0 Å². The molecule has 0 atom stereocenters. The fourth-order valence-electron chi connectivity index (χ4n) is 1.37. The molecular formula is C13H12S2. The Hall–Kier alpha value is -1.12. The Morgan fingerprint density at radius 1 is 0.867 bits per heavy atom. The molecule has 2 heterocycles. The SMILES string of the molecule is C=Cc1ccc(Cc2ccc(C=C)s2)s1. The third kappa shape index (κ3) is 2.46. The molecule has 2 aromatic rings. The van der Waals surface area contributed by atoms with Crippen LogP contribution in [-0.2, 0) is 6.42 Å². The molecule has 15 heavy (non-hydrogen) atoms. The van der Waals surface area contributed by atoms with Crippen molar-refractivity contribution in [3.8, 4) is 0 Å². The summed E-state index contributed by atoms with van der Waals surface area (Å²) in [6.45, 7) is 7.54. The molecule has 0 fully saturated rings. The van der Waals surface area contributed by atoms with E-state index in [2.05, 4.69) is 37.4 Å². The summed E-state index contributed by atoms with van der Waals surface area (Å²) in [4.78, 5) is 5.26. The summed E-state index contributed by atoms with van der Waals surface area (Å²) in [6.07, 6.45) is 4.83. The van der Waals surface area contributed by atoms with Crippen molar-refractivity contribution in [2.45, 2.75) is 6.42 Å². The first-order valence-corrected chi connectivity index (χ1v) is 6.37. The molecule has 0 spiro atoms. The van der Waals surface area contributed by atoms with Gasteiger partial charge < -0.3 is 0 Å². The monoisotopic (exact) mass is 232 g/mol. The van der Waals surface area contributed by atoms with Crippen LogP contribution in [0.5, 0.6) is 0 Å². The van der Waals surface area contributed by atoms with E-state index >= 15 is 0 Å². The van der Waals surface area contributed by atoms with Crippen LogP contribution in [-0.4, -0.2) is 0 Å². The van der Waals surface area contributed by atoms with Crippen LogP contribution >= 0.6 is 22.7 Å². The lowest BCUT2D eigenvalue weighted by atomic mass is 10.3. The molecule has 0 aromatic carbocycles. The predicted octanol–water partition coefficient (Wildman–Crippen LogP) is 4.69. The van der Waals surface area contributed by atoms with Crippen molar-refractivity contribution in [1.29, 1.82) is 0 Å². The lowest BCUT2D eigenvalue weighted by Gasteiger charge is -1.91. The van der Waals surface area contributed by atoms with E-state index in [0.717, 1.165) is 6.42 Å². The molecule has 0 N–H and O–H groups in total. The minimum absolute atomic E-state index is 1.02. The van der Waals surface area contributed by atoms with Gasteiger partial charge in [-0.15, -0.1) is 22.7 Å². The van der Waals surface area contributed by atoms with Crippen LogP contribution in [0.25, 0.3) is 12.2 Å². The van der Waals surface area contributed by atoms with Gasteiger partial charge in [-0.25, -0.2) is 0 Å². The zero-order valence-electron chi connectivity index (χ0n) is 8.40. The summed E-state index contributed by atoms with van der Waals surface area (Å²) in [7, 11) is 0. The van der Waals surface area contributed by atoms with Gasteiger partial charge in [0.15, 0.2) is 0 Å². The van der Waals surface area contributed by atoms with E-state index in [0.29, 0.717) is 0 Å². The molecule has 0 aliphatic heterocycles. The van der Waals surface area contributed by atoms with Gasteiger partial charge in [0, 0.05) is 25.9 Å². The van der Waals surface area contributed by atoms with Crippen LogP contribution in [0.15, 0.2) is 37.4 Å². The molecule has 0 aliphatic rings. The van der Waals surface area contributed by atoms with Crippen LogP contribution in [0.2, 0.25) is 0 Å². The molecule has 0 aliphatic carbocycles. The molecule has 0 nitrogen and oxygen atoms in total. The molecule has 2 aromatic heterocycles. The second-order valence-corrected chi connectivity index (χ2v) is 5.59. The second-order valence-electron chi connectivity index (χ2n) is 3.19. The summed E-state index contributed by atoms with van der Waals surface area (Å²) < 4.78 is 0. The van der Waals surface area contributed by atoms with Crippen LogP contribution < -0.4 is 0 Å². The summed E-state index contributed by atoms with van der Waals surface area (Å²) >= 11 is 3.61. The van der Waals surface area contributed by atoms with Crippen LogP contribution in [0.3, 0.4) is 0 Å². The van der Waals surface area contributed by atoms with Crippen molar-refractivity contribution in [3.05, 3.63) is 56.9 Å². The average molecular weight is 232 g/mol. The van der Waals surface area contributed by atoms with E-state index in [9.17, 15) is 0 Å². The van der Waals surface area contributed by atoms with E-state index in [1.165, 1.54) is 19.5 Å². The standard InChI is InChI=1S/C13H12S2/c1-3-10-5-7-12(14-10)9-13-8-6-11(4-2)15-13/h3-8H,1-2,9H2. The highest BCUT2D eigenvalue weighted by Crippen LogP contribution is 2.25. The van der Waals surface area contributed by atoms with Gasteiger partial charge in [0.05, 0.1) is 0 Å². The molecule has 0 unspecified atom stereocenters. The highest BCUT2D eigenvalue weighted by molar-refractivity contribution is 7.14. The van der Waals surface area contributed by atoms with Crippen molar-refractivity contribution in [2.24, 2.45) is 0 Å². The first-order chi connectivity index (χ1) is 7.31. The maximum absolute atomic E-state index is 3.77. The second kappa shape index (κ2) is 4.60. The fourth-order valence-corrected chi connectivity index (χ4v) is 3.23. The maximum atomic E-state index is 3.77. The zero-order chi connectivity index (χ0) is 10.7. The smallest absolute Gasteiger partial charge is 0.0267 e. The van der Waals surface area contributed by atoms with Gasteiger partial charge in [0.2, 0.25) is 0 Å². The lowest BCUT2D eigenvalue weighted by molar-refractivity contribution is 1.31. The Kier molecular flexibility index (Phi) is 3.19. The predicted molar refractivity (Wildman–Crippen MR) is 71.6 cm³/mol. The highest BCUT2D eigenvalue weighted by atomic mass is 32.1. The van der Waals surface area contributed by atoms with E-state index in [1.807, 2.05) is 34.8 Å². The Morgan fingerprint density at radius 3 is 1.67 bits per heavy atom. The van der Waals surface area contributed by atoms with Gasteiger partial charge >= 0.3 is 0 Å². The third-order valence-electron chi connectivity index (χ3n) is 2.12. The lowest BCUT2D eigenvalue weighted by Crippen LogP contribution is -1.76. The van der Waals surface area contributed by atoms with Crippen molar-refractivity contribution in [2.75, 3.05) is 0 Å².